The van der Waals surface area contributed by atoms with Crippen molar-refractivity contribution in [3.05, 3.63) is 41.7 Å². The Morgan fingerprint density at radius 2 is 2.12 bits per heavy atom. The first-order valence-electron chi connectivity index (χ1n) is 4.80. The number of aliphatic carboxylic acids is 1. The van der Waals surface area contributed by atoms with Crippen molar-refractivity contribution >= 4 is 29.3 Å². The fraction of sp³-hybridized carbons (Fsp3) is 0.0909. The number of carboxylic acids is 1. The van der Waals surface area contributed by atoms with E-state index >= 15 is 0 Å². The third-order valence-electron chi connectivity index (χ3n) is 2.04. The van der Waals surface area contributed by atoms with Gasteiger partial charge in [-0.25, -0.2) is 4.98 Å². The van der Waals surface area contributed by atoms with Gasteiger partial charge in [-0.2, -0.15) is 0 Å². The third kappa shape index (κ3) is 3.01. The van der Waals surface area contributed by atoms with Crippen LogP contribution in [0.1, 0.15) is 0 Å². The lowest BCUT2D eigenvalue weighted by molar-refractivity contribution is -0.133. The fourth-order valence-electron chi connectivity index (χ4n) is 1.32. The van der Waals surface area contributed by atoms with E-state index < -0.39 is 5.97 Å². The highest BCUT2D eigenvalue weighted by molar-refractivity contribution is 7.99. The van der Waals surface area contributed by atoms with Gasteiger partial charge in [0.2, 0.25) is 0 Å². The highest BCUT2D eigenvalue weighted by Crippen LogP contribution is 2.21. The summed E-state index contributed by atoms with van der Waals surface area (Å²) in [6, 6.07) is 7.27. The van der Waals surface area contributed by atoms with E-state index in [0.717, 1.165) is 5.69 Å². The molecule has 1 N–H and O–H groups in total. The van der Waals surface area contributed by atoms with E-state index in [4.69, 9.17) is 16.7 Å². The summed E-state index contributed by atoms with van der Waals surface area (Å²) in [7, 11) is 0. The van der Waals surface area contributed by atoms with Gasteiger partial charge in [-0.05, 0) is 24.3 Å². The number of carbonyl (C=O) groups is 1. The molecule has 0 amide bonds. The Kier molecular flexibility index (Phi) is 3.71. The van der Waals surface area contributed by atoms with Gasteiger partial charge in [0.15, 0.2) is 5.16 Å². The first kappa shape index (κ1) is 12.0. The van der Waals surface area contributed by atoms with Crippen LogP contribution in [0.2, 0.25) is 5.02 Å². The zero-order valence-electron chi connectivity index (χ0n) is 8.71. The number of hydrogen-bond donors (Lipinski definition) is 1. The molecule has 0 aliphatic carbocycles. The van der Waals surface area contributed by atoms with Crippen molar-refractivity contribution in [3.8, 4) is 5.69 Å². The Morgan fingerprint density at radius 1 is 1.41 bits per heavy atom. The number of thioether (sulfide) groups is 1. The second-order valence-corrected chi connectivity index (χ2v) is 4.62. The molecule has 2 aromatic rings. The van der Waals surface area contributed by atoms with Crippen LogP contribution in [0.25, 0.3) is 5.69 Å². The molecule has 0 saturated carbocycles. The van der Waals surface area contributed by atoms with Crippen LogP contribution in [0, 0.1) is 0 Å². The van der Waals surface area contributed by atoms with Gasteiger partial charge >= 0.3 is 5.97 Å². The summed E-state index contributed by atoms with van der Waals surface area (Å²) in [6.45, 7) is 0. The molecule has 17 heavy (non-hydrogen) atoms. The van der Waals surface area contributed by atoms with Gasteiger partial charge in [-0.15, -0.1) is 0 Å². The van der Waals surface area contributed by atoms with Gasteiger partial charge in [0.25, 0.3) is 0 Å². The Bertz CT molecular complexity index is 525. The van der Waals surface area contributed by atoms with E-state index in [1.165, 1.54) is 11.8 Å². The predicted molar refractivity (Wildman–Crippen MR) is 66.9 cm³/mol. The van der Waals surface area contributed by atoms with Crippen LogP contribution in [0.4, 0.5) is 0 Å². The molecular weight excluding hydrogens is 260 g/mol. The van der Waals surface area contributed by atoms with Crippen molar-refractivity contribution in [1.82, 2.24) is 9.55 Å². The number of halogens is 1. The minimum Gasteiger partial charge on any atom is -0.481 e. The molecule has 2 rings (SSSR count). The summed E-state index contributed by atoms with van der Waals surface area (Å²) in [6.07, 6.45) is 3.42. The maximum Gasteiger partial charge on any atom is 0.313 e. The van der Waals surface area contributed by atoms with Crippen LogP contribution >= 0.6 is 23.4 Å². The number of imidazole rings is 1. The molecule has 4 nitrogen and oxygen atoms in total. The zero-order chi connectivity index (χ0) is 12.3. The highest BCUT2D eigenvalue weighted by Gasteiger charge is 2.07. The number of aromatic nitrogens is 2. The molecule has 1 aromatic carbocycles. The van der Waals surface area contributed by atoms with Crippen LogP contribution in [-0.4, -0.2) is 26.4 Å². The van der Waals surface area contributed by atoms with E-state index in [1.807, 2.05) is 16.7 Å². The second kappa shape index (κ2) is 5.25. The zero-order valence-corrected chi connectivity index (χ0v) is 10.3. The minimum atomic E-state index is -0.861. The maximum atomic E-state index is 10.5. The monoisotopic (exact) mass is 268 g/mol. The molecule has 0 atom stereocenters. The SMILES string of the molecule is O=C(O)CSc1nccn1-c1ccc(Cl)cc1. The molecule has 0 aliphatic rings. The largest absolute Gasteiger partial charge is 0.481 e. The number of benzene rings is 1. The van der Waals surface area contributed by atoms with Gasteiger partial charge in [0.1, 0.15) is 0 Å². The molecular formula is C11H9ClN2O2S. The van der Waals surface area contributed by atoms with Crippen molar-refractivity contribution in [1.29, 1.82) is 0 Å². The molecule has 1 aromatic heterocycles. The summed E-state index contributed by atoms with van der Waals surface area (Å²) < 4.78 is 1.82. The molecule has 1 heterocycles. The van der Waals surface area contributed by atoms with Crippen molar-refractivity contribution in [3.63, 3.8) is 0 Å². The van der Waals surface area contributed by atoms with Gasteiger partial charge < -0.3 is 5.11 Å². The molecule has 0 aliphatic heterocycles. The Morgan fingerprint density at radius 3 is 2.76 bits per heavy atom. The first-order valence-corrected chi connectivity index (χ1v) is 6.17. The van der Waals surface area contributed by atoms with E-state index in [-0.39, 0.29) is 5.75 Å². The van der Waals surface area contributed by atoms with E-state index in [0.29, 0.717) is 10.2 Å². The van der Waals surface area contributed by atoms with E-state index in [9.17, 15) is 4.79 Å². The molecule has 0 spiro atoms. The summed E-state index contributed by atoms with van der Waals surface area (Å²) in [5.74, 6) is -0.870. The highest BCUT2D eigenvalue weighted by atomic mass is 35.5. The summed E-state index contributed by atoms with van der Waals surface area (Å²) >= 11 is 6.99. The Hall–Kier alpha value is -1.46. The molecule has 0 radical (unpaired) electrons. The van der Waals surface area contributed by atoms with Crippen LogP contribution in [-0.2, 0) is 4.79 Å². The third-order valence-corrected chi connectivity index (χ3v) is 3.24. The molecule has 88 valence electrons. The quantitative estimate of drug-likeness (QED) is 0.867. The average molecular weight is 269 g/mol. The normalized spacial score (nSPS) is 10.4. The standard InChI is InChI=1S/C11H9ClN2O2S/c12-8-1-3-9(4-2-8)14-6-5-13-11(14)17-7-10(15)16/h1-6H,7H2,(H,15,16). The summed E-state index contributed by atoms with van der Waals surface area (Å²) in [5.41, 5.74) is 0.903. The number of hydrogen-bond acceptors (Lipinski definition) is 3. The van der Waals surface area contributed by atoms with Crippen molar-refractivity contribution in [2.45, 2.75) is 5.16 Å². The van der Waals surface area contributed by atoms with Crippen molar-refractivity contribution in [2.24, 2.45) is 0 Å². The van der Waals surface area contributed by atoms with Gasteiger partial charge in [-0.1, -0.05) is 23.4 Å². The van der Waals surface area contributed by atoms with Crippen LogP contribution in [0.15, 0.2) is 41.8 Å². The smallest absolute Gasteiger partial charge is 0.313 e. The molecule has 6 heteroatoms. The maximum absolute atomic E-state index is 10.5. The van der Waals surface area contributed by atoms with Gasteiger partial charge in [-0.3, -0.25) is 9.36 Å². The molecule has 0 saturated heterocycles. The fourth-order valence-corrected chi connectivity index (χ4v) is 2.14. The lowest BCUT2D eigenvalue weighted by Crippen LogP contribution is -2.01. The Labute approximate surface area is 107 Å². The molecule has 0 fully saturated rings. The van der Waals surface area contributed by atoms with Crippen LogP contribution < -0.4 is 0 Å². The minimum absolute atomic E-state index is 0.00932. The van der Waals surface area contributed by atoms with Crippen molar-refractivity contribution in [2.75, 3.05) is 5.75 Å². The molecule has 0 bridgehead atoms. The molecule has 0 unspecified atom stereocenters. The number of nitrogens with zero attached hydrogens (tertiary/aromatic N) is 2. The van der Waals surface area contributed by atoms with Gasteiger partial charge in [0, 0.05) is 23.1 Å². The second-order valence-electron chi connectivity index (χ2n) is 3.24. The van der Waals surface area contributed by atoms with Crippen molar-refractivity contribution < 1.29 is 9.90 Å². The number of carboxylic acid groups (broad SMARTS) is 1. The summed E-state index contributed by atoms with van der Waals surface area (Å²) in [4.78, 5) is 14.6. The lowest BCUT2D eigenvalue weighted by atomic mass is 10.3. The predicted octanol–water partition coefficient (Wildman–Crippen LogP) is 2.70. The summed E-state index contributed by atoms with van der Waals surface area (Å²) in [5, 5.41) is 9.94. The Balaban J connectivity index is 2.24. The topological polar surface area (TPSA) is 55.1 Å². The van der Waals surface area contributed by atoms with Gasteiger partial charge in [0.05, 0.1) is 5.75 Å². The van der Waals surface area contributed by atoms with E-state index in [1.54, 1.807) is 24.5 Å². The average Bonchev–Trinajstić information content (AvgIpc) is 2.75. The van der Waals surface area contributed by atoms with Crippen LogP contribution in [0.5, 0.6) is 0 Å². The lowest BCUT2D eigenvalue weighted by Gasteiger charge is -2.06. The van der Waals surface area contributed by atoms with Crippen LogP contribution in [0.3, 0.4) is 0 Å². The van der Waals surface area contributed by atoms with E-state index in [2.05, 4.69) is 4.98 Å². The first-order chi connectivity index (χ1) is 8.16. The number of rotatable bonds is 4.